The summed E-state index contributed by atoms with van der Waals surface area (Å²) in [5.41, 5.74) is 11.2. The fraction of sp³-hybridized carbons (Fsp3) is 0.143. The molecular weight excluding hydrogens is 452 g/mol. The number of hydrogen-bond donors (Lipinski definition) is 2. The molecule has 2 amide bonds. The van der Waals surface area contributed by atoms with E-state index in [0.717, 1.165) is 23.2 Å². The first-order valence-corrected chi connectivity index (χ1v) is 11.6. The van der Waals surface area contributed by atoms with Crippen molar-refractivity contribution in [1.29, 1.82) is 5.26 Å². The zero-order valence-electron chi connectivity index (χ0n) is 19.5. The van der Waals surface area contributed by atoms with Gasteiger partial charge in [-0.3, -0.25) is 14.3 Å². The lowest BCUT2D eigenvalue weighted by atomic mass is 10.0. The number of anilines is 2. The highest BCUT2D eigenvalue weighted by molar-refractivity contribution is 6.15. The quantitative estimate of drug-likeness (QED) is 0.440. The first-order valence-electron chi connectivity index (χ1n) is 11.6. The van der Waals surface area contributed by atoms with Crippen LogP contribution in [0.3, 0.4) is 0 Å². The van der Waals surface area contributed by atoms with E-state index in [1.54, 1.807) is 33.8 Å². The Balaban J connectivity index is 1.32. The van der Waals surface area contributed by atoms with Crippen LogP contribution in [-0.4, -0.2) is 28.1 Å². The van der Waals surface area contributed by atoms with Gasteiger partial charge in [-0.05, 0) is 53.4 Å². The largest absolute Gasteiger partial charge is 0.326 e. The third-order valence-electron chi connectivity index (χ3n) is 6.23. The Kier molecular flexibility index (Phi) is 6.31. The second-order valence-electron chi connectivity index (χ2n) is 8.60. The molecule has 0 radical (unpaired) electrons. The molecule has 0 aliphatic carbocycles. The lowest BCUT2D eigenvalue weighted by Gasteiger charge is -2.28. The number of fused-ring (bicyclic) bond motifs is 1. The van der Waals surface area contributed by atoms with Crippen molar-refractivity contribution in [1.82, 2.24) is 9.78 Å². The molecule has 0 atom stereocenters. The van der Waals surface area contributed by atoms with Crippen LogP contribution >= 0.6 is 0 Å². The highest BCUT2D eigenvalue weighted by Crippen LogP contribution is 2.25. The Labute approximate surface area is 208 Å². The number of benzene rings is 3. The molecule has 0 bridgehead atoms. The summed E-state index contributed by atoms with van der Waals surface area (Å²) in [5, 5.41) is 16.1. The number of carbonyl (C=O) groups is 2. The van der Waals surface area contributed by atoms with Crippen molar-refractivity contribution in [3.8, 4) is 6.07 Å². The lowest BCUT2D eigenvalue weighted by Crippen LogP contribution is -2.41. The summed E-state index contributed by atoms with van der Waals surface area (Å²) in [5.74, 6) is -0.725. The maximum absolute atomic E-state index is 13.4. The Morgan fingerprint density at radius 2 is 1.69 bits per heavy atom. The standard InChI is InChI=1S/C28H24N6O2/c29-16-21-6-4-19(5-7-21)14-20-8-10-24(11-9-20)33-12-13-34-26(28(33)36)25(18-31-34)27(35)32-23-3-1-2-22(15-23)17-30/h1-11,15,18H,12-14,16,29H2,(H,32,35). The SMILES string of the molecule is N#Cc1cccc(NC(=O)c2cnn3c2C(=O)N(c2ccc(Cc4ccc(CN)cc4)cc2)CC3)c1. The monoisotopic (exact) mass is 476 g/mol. The average molecular weight is 477 g/mol. The van der Waals surface area contributed by atoms with Crippen LogP contribution in [0.2, 0.25) is 0 Å². The molecule has 1 aliphatic heterocycles. The first-order chi connectivity index (χ1) is 17.6. The number of nitriles is 1. The Bertz CT molecular complexity index is 1470. The van der Waals surface area contributed by atoms with Crippen LogP contribution in [0.4, 0.5) is 11.4 Å². The Hall–Kier alpha value is -4.74. The summed E-state index contributed by atoms with van der Waals surface area (Å²) >= 11 is 0. The molecule has 5 rings (SSSR count). The lowest BCUT2D eigenvalue weighted by molar-refractivity contribution is 0.0947. The van der Waals surface area contributed by atoms with E-state index in [1.165, 1.54) is 11.8 Å². The van der Waals surface area contributed by atoms with Crippen molar-refractivity contribution < 1.29 is 9.59 Å². The zero-order chi connectivity index (χ0) is 25.1. The van der Waals surface area contributed by atoms with Crippen LogP contribution in [-0.2, 0) is 19.5 Å². The van der Waals surface area contributed by atoms with Crippen LogP contribution in [0.15, 0.2) is 79.0 Å². The maximum atomic E-state index is 13.4. The van der Waals surface area contributed by atoms with E-state index in [-0.39, 0.29) is 17.2 Å². The van der Waals surface area contributed by atoms with Gasteiger partial charge in [0.05, 0.1) is 29.9 Å². The fourth-order valence-electron chi connectivity index (χ4n) is 4.30. The minimum Gasteiger partial charge on any atom is -0.326 e. The molecule has 0 fully saturated rings. The van der Waals surface area contributed by atoms with Crippen molar-refractivity contribution in [2.24, 2.45) is 5.73 Å². The van der Waals surface area contributed by atoms with E-state index in [1.807, 2.05) is 42.5 Å². The predicted octanol–water partition coefficient (Wildman–Crippen LogP) is 3.72. The molecular formula is C28H24N6O2. The summed E-state index contributed by atoms with van der Waals surface area (Å²) in [6.07, 6.45) is 2.20. The number of carbonyl (C=O) groups excluding carboxylic acids is 2. The molecule has 0 saturated heterocycles. The molecule has 3 aromatic carbocycles. The third-order valence-corrected chi connectivity index (χ3v) is 6.23. The van der Waals surface area contributed by atoms with E-state index in [0.29, 0.717) is 30.9 Å². The molecule has 0 unspecified atom stereocenters. The van der Waals surface area contributed by atoms with Gasteiger partial charge in [-0.1, -0.05) is 42.5 Å². The summed E-state index contributed by atoms with van der Waals surface area (Å²) < 4.78 is 1.57. The number of nitrogens with two attached hydrogens (primary N) is 1. The van der Waals surface area contributed by atoms with E-state index in [2.05, 4.69) is 22.5 Å². The van der Waals surface area contributed by atoms with Gasteiger partial charge in [-0.2, -0.15) is 10.4 Å². The highest BCUT2D eigenvalue weighted by Gasteiger charge is 2.32. The van der Waals surface area contributed by atoms with Gasteiger partial charge in [0.1, 0.15) is 5.69 Å². The summed E-state index contributed by atoms with van der Waals surface area (Å²) in [6.45, 7) is 1.46. The number of hydrogen-bond acceptors (Lipinski definition) is 5. The first kappa shape index (κ1) is 23.0. The van der Waals surface area contributed by atoms with E-state index in [9.17, 15) is 9.59 Å². The normalized spacial score (nSPS) is 12.7. The van der Waals surface area contributed by atoms with Crippen molar-refractivity contribution in [3.05, 3.63) is 113 Å². The number of rotatable bonds is 6. The van der Waals surface area contributed by atoms with Crippen molar-refractivity contribution in [2.45, 2.75) is 19.5 Å². The van der Waals surface area contributed by atoms with E-state index in [4.69, 9.17) is 11.0 Å². The minimum atomic E-state index is -0.447. The smallest absolute Gasteiger partial charge is 0.277 e. The van der Waals surface area contributed by atoms with Gasteiger partial charge in [-0.25, -0.2) is 0 Å². The van der Waals surface area contributed by atoms with Gasteiger partial charge in [0, 0.05) is 24.5 Å². The van der Waals surface area contributed by atoms with Gasteiger partial charge >= 0.3 is 0 Å². The van der Waals surface area contributed by atoms with Gasteiger partial charge < -0.3 is 16.0 Å². The summed E-state index contributed by atoms with van der Waals surface area (Å²) in [6, 6.07) is 24.8. The predicted molar refractivity (Wildman–Crippen MR) is 137 cm³/mol. The molecule has 8 nitrogen and oxygen atoms in total. The van der Waals surface area contributed by atoms with E-state index < -0.39 is 5.91 Å². The van der Waals surface area contributed by atoms with Crippen LogP contribution in [0.1, 0.15) is 43.1 Å². The van der Waals surface area contributed by atoms with Gasteiger partial charge in [0.15, 0.2) is 0 Å². The number of aromatic nitrogens is 2. The Morgan fingerprint density at radius 1 is 1.00 bits per heavy atom. The number of nitrogens with zero attached hydrogens (tertiary/aromatic N) is 4. The molecule has 178 valence electrons. The maximum Gasteiger partial charge on any atom is 0.277 e. The Morgan fingerprint density at radius 3 is 2.39 bits per heavy atom. The molecule has 8 heteroatoms. The molecule has 36 heavy (non-hydrogen) atoms. The number of amides is 2. The molecule has 0 saturated carbocycles. The fourth-order valence-corrected chi connectivity index (χ4v) is 4.30. The third kappa shape index (κ3) is 4.60. The molecule has 1 aliphatic rings. The molecule has 4 aromatic rings. The zero-order valence-corrected chi connectivity index (χ0v) is 19.5. The van der Waals surface area contributed by atoms with E-state index >= 15 is 0 Å². The minimum absolute atomic E-state index is 0.199. The second-order valence-corrected chi connectivity index (χ2v) is 8.60. The molecule has 3 N–H and O–H groups in total. The van der Waals surface area contributed by atoms with Crippen LogP contribution in [0.5, 0.6) is 0 Å². The van der Waals surface area contributed by atoms with Gasteiger partial charge in [0.25, 0.3) is 11.8 Å². The molecule has 2 heterocycles. The molecule has 0 spiro atoms. The van der Waals surface area contributed by atoms with Crippen LogP contribution in [0.25, 0.3) is 0 Å². The van der Waals surface area contributed by atoms with Crippen molar-refractivity contribution in [2.75, 3.05) is 16.8 Å². The number of nitrogens with one attached hydrogen (secondary N) is 1. The van der Waals surface area contributed by atoms with Crippen molar-refractivity contribution in [3.63, 3.8) is 0 Å². The average Bonchev–Trinajstić information content (AvgIpc) is 3.35. The van der Waals surface area contributed by atoms with Gasteiger partial charge in [0.2, 0.25) is 0 Å². The second kappa shape index (κ2) is 9.86. The van der Waals surface area contributed by atoms with Crippen molar-refractivity contribution >= 4 is 23.2 Å². The topological polar surface area (TPSA) is 117 Å². The summed E-state index contributed by atoms with van der Waals surface area (Å²) in [4.78, 5) is 28.1. The summed E-state index contributed by atoms with van der Waals surface area (Å²) in [7, 11) is 0. The molecule has 1 aromatic heterocycles. The van der Waals surface area contributed by atoms with Crippen LogP contribution in [0, 0.1) is 11.3 Å². The highest BCUT2D eigenvalue weighted by atomic mass is 16.2. The van der Waals surface area contributed by atoms with Crippen LogP contribution < -0.4 is 16.0 Å². The van der Waals surface area contributed by atoms with Gasteiger partial charge in [-0.15, -0.1) is 0 Å².